The first-order valence-corrected chi connectivity index (χ1v) is 12.9. The van der Waals surface area contributed by atoms with E-state index in [1.807, 2.05) is 73.7 Å². The van der Waals surface area contributed by atoms with Crippen LogP contribution in [0.25, 0.3) is 5.76 Å². The number of benzene rings is 4. The normalized spacial score (nSPS) is 16.2. The molecule has 202 valence electrons. The third kappa shape index (κ3) is 4.99. The largest absolute Gasteiger partial charge is 0.507 e. The number of hydrogen-bond acceptors (Lipinski definition) is 6. The molecule has 2 N–H and O–H groups in total. The Bertz CT molecular complexity index is 1620. The zero-order chi connectivity index (χ0) is 28.4. The second-order valence-electron chi connectivity index (χ2n) is 9.31. The van der Waals surface area contributed by atoms with Crippen LogP contribution >= 0.6 is 11.6 Å². The van der Waals surface area contributed by atoms with Gasteiger partial charge in [-0.3, -0.25) is 14.5 Å². The highest BCUT2D eigenvalue weighted by molar-refractivity contribution is 6.51. The number of ether oxygens (including phenoxy) is 2. The molecule has 0 saturated carbocycles. The summed E-state index contributed by atoms with van der Waals surface area (Å²) < 4.78 is 10.7. The van der Waals surface area contributed by atoms with Gasteiger partial charge in [-0.15, -0.1) is 0 Å². The van der Waals surface area contributed by atoms with Crippen molar-refractivity contribution in [1.82, 2.24) is 0 Å². The van der Waals surface area contributed by atoms with Crippen molar-refractivity contribution in [2.75, 3.05) is 24.4 Å². The van der Waals surface area contributed by atoms with Gasteiger partial charge in [0, 0.05) is 23.1 Å². The van der Waals surface area contributed by atoms with Gasteiger partial charge in [0.15, 0.2) is 0 Å². The lowest BCUT2D eigenvalue weighted by atomic mass is 9.94. The number of halogens is 1. The number of nitrogens with zero attached hydrogens (tertiary/aromatic N) is 1. The van der Waals surface area contributed by atoms with E-state index in [-0.39, 0.29) is 21.9 Å². The molecule has 0 bridgehead atoms. The molecule has 1 saturated heterocycles. The molecule has 0 radical (unpaired) electrons. The van der Waals surface area contributed by atoms with Crippen molar-refractivity contribution in [3.8, 4) is 11.5 Å². The summed E-state index contributed by atoms with van der Waals surface area (Å²) in [5.74, 6) is -1.38. The zero-order valence-corrected chi connectivity index (χ0v) is 22.9. The van der Waals surface area contributed by atoms with Crippen LogP contribution in [0.3, 0.4) is 0 Å². The second-order valence-corrected chi connectivity index (χ2v) is 9.72. The van der Waals surface area contributed by atoms with E-state index in [0.29, 0.717) is 17.0 Å². The second kappa shape index (κ2) is 11.2. The van der Waals surface area contributed by atoms with Gasteiger partial charge in [-0.1, -0.05) is 59.6 Å². The highest BCUT2D eigenvalue weighted by Gasteiger charge is 2.47. The van der Waals surface area contributed by atoms with Crippen molar-refractivity contribution in [1.29, 1.82) is 0 Å². The minimum atomic E-state index is -0.890. The molecule has 1 fully saturated rings. The quantitative estimate of drug-likeness (QED) is 0.145. The van der Waals surface area contributed by atoms with Gasteiger partial charge in [0.05, 0.1) is 36.4 Å². The van der Waals surface area contributed by atoms with Crippen molar-refractivity contribution in [3.05, 3.63) is 118 Å². The molecule has 1 unspecified atom stereocenters. The van der Waals surface area contributed by atoms with Crippen LogP contribution in [0.4, 0.5) is 17.1 Å². The van der Waals surface area contributed by atoms with Crippen molar-refractivity contribution in [2.45, 2.75) is 13.0 Å². The Hall–Kier alpha value is -4.75. The van der Waals surface area contributed by atoms with Crippen molar-refractivity contribution < 1.29 is 24.2 Å². The summed E-state index contributed by atoms with van der Waals surface area (Å²) in [5, 5.41) is 15.1. The Labute approximate surface area is 237 Å². The van der Waals surface area contributed by atoms with Gasteiger partial charge in [0.25, 0.3) is 11.7 Å². The lowest BCUT2D eigenvalue weighted by Crippen LogP contribution is -2.29. The molecule has 0 aromatic heterocycles. The smallest absolute Gasteiger partial charge is 0.300 e. The molecular formula is C32H27ClN2O5. The number of methoxy groups -OCH3 is 2. The first-order chi connectivity index (χ1) is 19.3. The van der Waals surface area contributed by atoms with E-state index in [2.05, 4.69) is 5.32 Å². The average molecular weight is 555 g/mol. The first kappa shape index (κ1) is 26.8. The van der Waals surface area contributed by atoms with E-state index in [9.17, 15) is 14.7 Å². The molecule has 0 aliphatic carbocycles. The molecule has 0 spiro atoms. The number of ketones is 1. The minimum Gasteiger partial charge on any atom is -0.507 e. The topological polar surface area (TPSA) is 88.1 Å². The van der Waals surface area contributed by atoms with Crippen molar-refractivity contribution in [2.24, 2.45) is 0 Å². The molecule has 4 aromatic rings. The average Bonchev–Trinajstić information content (AvgIpc) is 3.23. The lowest BCUT2D eigenvalue weighted by Gasteiger charge is -2.26. The number of aryl methyl sites for hydroxylation is 1. The number of carbonyl (C=O) groups is 2. The summed E-state index contributed by atoms with van der Waals surface area (Å²) in [4.78, 5) is 28.5. The Morgan fingerprint density at radius 2 is 1.52 bits per heavy atom. The van der Waals surface area contributed by atoms with Crippen LogP contribution in [0.15, 0.2) is 96.6 Å². The maximum absolute atomic E-state index is 13.6. The number of rotatable bonds is 7. The zero-order valence-electron chi connectivity index (χ0n) is 22.1. The highest BCUT2D eigenvalue weighted by atomic mass is 35.5. The van der Waals surface area contributed by atoms with Gasteiger partial charge in [0.2, 0.25) is 0 Å². The standard InChI is InChI=1S/C32H27ClN2O5/c1-19-8-7-9-20(16-19)29-28(30(36)24-17-25(33)27(40-3)18-26(24)39-2)31(37)32(38)35(29)23-14-12-22(13-15-23)34-21-10-5-4-6-11-21/h4-18,29,34,36H,1-3H3/b30-28+. The molecule has 1 aliphatic rings. The molecule has 8 heteroatoms. The molecule has 1 heterocycles. The molecular weight excluding hydrogens is 528 g/mol. The maximum atomic E-state index is 13.6. The Morgan fingerprint density at radius 1 is 0.850 bits per heavy atom. The summed E-state index contributed by atoms with van der Waals surface area (Å²) in [5.41, 5.74) is 3.96. The molecule has 1 aliphatic heterocycles. The van der Waals surface area contributed by atoms with Crippen LogP contribution in [-0.2, 0) is 9.59 Å². The Morgan fingerprint density at radius 3 is 2.17 bits per heavy atom. The fourth-order valence-electron chi connectivity index (χ4n) is 4.84. The van der Waals surface area contributed by atoms with E-state index in [1.165, 1.54) is 31.3 Å². The predicted molar refractivity (Wildman–Crippen MR) is 157 cm³/mol. The number of aliphatic hydroxyl groups is 1. The van der Waals surface area contributed by atoms with Crippen LogP contribution < -0.4 is 19.7 Å². The molecule has 5 rings (SSSR count). The SMILES string of the molecule is COc1cc(OC)c(/C(O)=C2\C(=O)C(=O)N(c3ccc(Nc4ccccc4)cc3)C2c2cccc(C)c2)cc1Cl. The van der Waals surface area contributed by atoms with Gasteiger partial charge in [-0.05, 0) is 55.0 Å². The molecule has 1 amide bonds. The van der Waals surface area contributed by atoms with Gasteiger partial charge in [0.1, 0.15) is 17.3 Å². The monoisotopic (exact) mass is 554 g/mol. The lowest BCUT2D eigenvalue weighted by molar-refractivity contribution is -0.132. The minimum absolute atomic E-state index is 0.0679. The fourth-order valence-corrected chi connectivity index (χ4v) is 5.08. The van der Waals surface area contributed by atoms with E-state index < -0.39 is 23.5 Å². The third-order valence-electron chi connectivity index (χ3n) is 6.74. The molecule has 1 atom stereocenters. The summed E-state index contributed by atoms with van der Waals surface area (Å²) >= 11 is 6.36. The molecule has 4 aromatic carbocycles. The number of carbonyl (C=O) groups excluding carboxylic acids is 2. The fraction of sp³-hybridized carbons (Fsp3) is 0.125. The molecule has 7 nitrogen and oxygen atoms in total. The summed E-state index contributed by atoms with van der Waals surface area (Å²) in [7, 11) is 2.89. The van der Waals surface area contributed by atoms with E-state index >= 15 is 0 Å². The maximum Gasteiger partial charge on any atom is 0.300 e. The summed E-state index contributed by atoms with van der Waals surface area (Å²) in [6.45, 7) is 1.92. The van der Waals surface area contributed by atoms with Gasteiger partial charge in [-0.25, -0.2) is 0 Å². The Balaban J connectivity index is 1.64. The number of para-hydroxylation sites is 1. The van der Waals surface area contributed by atoms with Crippen LogP contribution in [0, 0.1) is 6.92 Å². The number of anilines is 3. The number of hydrogen-bond donors (Lipinski definition) is 2. The van der Waals surface area contributed by atoms with Crippen LogP contribution in [0.1, 0.15) is 22.7 Å². The van der Waals surface area contributed by atoms with Crippen LogP contribution in [0.2, 0.25) is 5.02 Å². The summed E-state index contributed by atoms with van der Waals surface area (Å²) in [6, 6.07) is 26.5. The van der Waals surface area contributed by atoms with E-state index in [0.717, 1.165) is 16.9 Å². The number of Topliss-reactive ketones (excluding diaryl/α,β-unsaturated/α-hetero) is 1. The van der Waals surface area contributed by atoms with Crippen molar-refractivity contribution >= 4 is 46.1 Å². The van der Waals surface area contributed by atoms with Gasteiger partial charge < -0.3 is 19.9 Å². The number of amides is 1. The Kier molecular flexibility index (Phi) is 7.49. The number of nitrogens with one attached hydrogen (secondary N) is 1. The van der Waals surface area contributed by atoms with E-state index in [1.54, 1.807) is 12.1 Å². The highest BCUT2D eigenvalue weighted by Crippen LogP contribution is 2.45. The van der Waals surface area contributed by atoms with Crippen LogP contribution in [-0.4, -0.2) is 31.0 Å². The third-order valence-corrected chi connectivity index (χ3v) is 7.03. The molecule has 40 heavy (non-hydrogen) atoms. The number of aliphatic hydroxyl groups excluding tert-OH is 1. The van der Waals surface area contributed by atoms with Gasteiger partial charge >= 0.3 is 0 Å². The summed E-state index contributed by atoms with van der Waals surface area (Å²) in [6.07, 6.45) is 0. The predicted octanol–water partition coefficient (Wildman–Crippen LogP) is 7.04. The van der Waals surface area contributed by atoms with Crippen molar-refractivity contribution in [3.63, 3.8) is 0 Å². The van der Waals surface area contributed by atoms with Crippen LogP contribution in [0.5, 0.6) is 11.5 Å². The van der Waals surface area contributed by atoms with Gasteiger partial charge in [-0.2, -0.15) is 0 Å². The first-order valence-electron chi connectivity index (χ1n) is 12.5. The van der Waals surface area contributed by atoms with E-state index in [4.69, 9.17) is 21.1 Å².